The van der Waals surface area contributed by atoms with E-state index in [1.165, 1.54) is 11.5 Å². The van der Waals surface area contributed by atoms with Gasteiger partial charge in [-0.05, 0) is 32.6 Å². The number of anilines is 1. The van der Waals surface area contributed by atoms with Crippen molar-refractivity contribution < 1.29 is 4.79 Å². The maximum atomic E-state index is 12.6. The van der Waals surface area contributed by atoms with Crippen molar-refractivity contribution >= 4 is 22.6 Å². The van der Waals surface area contributed by atoms with Crippen LogP contribution in [0.1, 0.15) is 31.5 Å². The summed E-state index contributed by atoms with van der Waals surface area (Å²) in [5, 5.41) is 0.977. The van der Waals surface area contributed by atoms with Crippen molar-refractivity contribution in [3.05, 3.63) is 5.82 Å². The Kier molecular flexibility index (Phi) is 4.40. The number of hydrogen-bond donors (Lipinski definition) is 1. The zero-order valence-corrected chi connectivity index (χ0v) is 13.3. The highest BCUT2D eigenvalue weighted by Gasteiger charge is 2.31. The lowest BCUT2D eigenvalue weighted by Gasteiger charge is -2.24. The Balaban J connectivity index is 1.59. The molecule has 3 rings (SSSR count). The summed E-state index contributed by atoms with van der Waals surface area (Å²) >= 11 is 1.45. The van der Waals surface area contributed by atoms with Gasteiger partial charge in [0, 0.05) is 49.7 Å². The van der Waals surface area contributed by atoms with Gasteiger partial charge in [0.1, 0.15) is 5.82 Å². The molecule has 0 aromatic carbocycles. The van der Waals surface area contributed by atoms with Crippen LogP contribution in [-0.2, 0) is 4.79 Å². The van der Waals surface area contributed by atoms with Crippen LogP contribution in [0.3, 0.4) is 0 Å². The monoisotopic (exact) mass is 309 g/mol. The van der Waals surface area contributed by atoms with Gasteiger partial charge in [-0.3, -0.25) is 4.79 Å². The van der Waals surface area contributed by atoms with E-state index < -0.39 is 0 Å². The fraction of sp³-hybridized carbons (Fsp3) is 0.786. The molecule has 1 aliphatic heterocycles. The topological polar surface area (TPSA) is 75.4 Å². The van der Waals surface area contributed by atoms with E-state index in [-0.39, 0.29) is 12.0 Å². The first kappa shape index (κ1) is 14.7. The minimum atomic E-state index is 0.148. The molecule has 2 fully saturated rings. The first-order valence-corrected chi connectivity index (χ1v) is 8.50. The number of rotatable bonds is 2. The molecule has 2 N–H and O–H groups in total. The van der Waals surface area contributed by atoms with Gasteiger partial charge >= 0.3 is 0 Å². The number of carbonyl (C=O) groups excluding carboxylic acids is 1. The molecule has 2 heterocycles. The maximum Gasteiger partial charge on any atom is 0.225 e. The first-order valence-electron chi connectivity index (χ1n) is 7.73. The van der Waals surface area contributed by atoms with Crippen molar-refractivity contribution in [1.29, 1.82) is 0 Å². The number of hydrogen-bond acceptors (Lipinski definition) is 6. The van der Waals surface area contributed by atoms with E-state index in [1.807, 2.05) is 11.8 Å². The van der Waals surface area contributed by atoms with Gasteiger partial charge in [0.15, 0.2) is 0 Å². The quantitative estimate of drug-likeness (QED) is 0.882. The predicted octanol–water partition coefficient (Wildman–Crippen LogP) is 1.01. The molecule has 1 aromatic rings. The summed E-state index contributed by atoms with van der Waals surface area (Å²) in [4.78, 5) is 21.3. The zero-order chi connectivity index (χ0) is 14.8. The van der Waals surface area contributed by atoms with Crippen LogP contribution in [0.5, 0.6) is 0 Å². The van der Waals surface area contributed by atoms with Crippen LogP contribution in [0.15, 0.2) is 0 Å². The zero-order valence-electron chi connectivity index (χ0n) is 12.5. The number of nitrogens with two attached hydrogens (primary N) is 1. The van der Waals surface area contributed by atoms with E-state index in [0.717, 1.165) is 62.8 Å². The molecule has 1 saturated heterocycles. The maximum absolute atomic E-state index is 12.6. The summed E-state index contributed by atoms with van der Waals surface area (Å²) in [6, 6.07) is 0.215. The van der Waals surface area contributed by atoms with E-state index in [4.69, 9.17) is 5.73 Å². The van der Waals surface area contributed by atoms with Crippen molar-refractivity contribution in [3.63, 3.8) is 0 Å². The number of aromatic nitrogens is 2. The lowest BCUT2D eigenvalue weighted by atomic mass is 10.1. The van der Waals surface area contributed by atoms with Crippen molar-refractivity contribution in [2.24, 2.45) is 11.7 Å². The summed E-state index contributed by atoms with van der Waals surface area (Å²) < 4.78 is 4.24. The Morgan fingerprint density at radius 1 is 1.29 bits per heavy atom. The molecule has 2 aliphatic rings. The lowest BCUT2D eigenvalue weighted by Crippen LogP contribution is -2.38. The Labute approximate surface area is 129 Å². The van der Waals surface area contributed by atoms with Crippen molar-refractivity contribution in [1.82, 2.24) is 14.3 Å². The van der Waals surface area contributed by atoms with Crippen LogP contribution in [0.25, 0.3) is 0 Å². The fourth-order valence-corrected chi connectivity index (χ4v) is 3.97. The molecule has 21 heavy (non-hydrogen) atoms. The summed E-state index contributed by atoms with van der Waals surface area (Å²) in [5.41, 5.74) is 5.93. The van der Waals surface area contributed by atoms with Crippen molar-refractivity contribution in [3.8, 4) is 0 Å². The van der Waals surface area contributed by atoms with Gasteiger partial charge in [-0.25, -0.2) is 4.98 Å². The van der Waals surface area contributed by atoms with Gasteiger partial charge in [0.2, 0.25) is 11.0 Å². The number of nitrogens with zero attached hydrogens (tertiary/aromatic N) is 4. The van der Waals surface area contributed by atoms with Gasteiger partial charge in [-0.2, -0.15) is 4.37 Å². The number of amides is 1. The van der Waals surface area contributed by atoms with Crippen LogP contribution in [0.4, 0.5) is 5.13 Å². The van der Waals surface area contributed by atoms with Crippen LogP contribution >= 0.6 is 11.5 Å². The van der Waals surface area contributed by atoms with Crippen LogP contribution in [-0.4, -0.2) is 52.4 Å². The Bertz CT molecular complexity index is 505. The molecular weight excluding hydrogens is 286 g/mol. The molecule has 0 bridgehead atoms. The smallest absolute Gasteiger partial charge is 0.225 e. The summed E-state index contributed by atoms with van der Waals surface area (Å²) in [6.07, 6.45) is 3.79. The Morgan fingerprint density at radius 3 is 2.81 bits per heavy atom. The average Bonchev–Trinajstić information content (AvgIpc) is 3.00. The highest BCUT2D eigenvalue weighted by Crippen LogP contribution is 2.27. The fourth-order valence-electron chi connectivity index (χ4n) is 3.24. The van der Waals surface area contributed by atoms with Crippen LogP contribution in [0, 0.1) is 12.8 Å². The molecule has 1 saturated carbocycles. The van der Waals surface area contributed by atoms with Gasteiger partial charge in [-0.15, -0.1) is 0 Å². The molecule has 7 heteroatoms. The molecule has 1 amide bonds. The lowest BCUT2D eigenvalue weighted by molar-refractivity contribution is -0.135. The van der Waals surface area contributed by atoms with Crippen LogP contribution in [0.2, 0.25) is 0 Å². The second-order valence-electron chi connectivity index (χ2n) is 6.06. The summed E-state index contributed by atoms with van der Waals surface area (Å²) in [5.74, 6) is 1.28. The first-order chi connectivity index (χ1) is 10.1. The normalized spacial score (nSPS) is 27.0. The van der Waals surface area contributed by atoms with E-state index in [0.29, 0.717) is 5.91 Å². The molecule has 2 atom stereocenters. The van der Waals surface area contributed by atoms with Gasteiger partial charge in [0.05, 0.1) is 0 Å². The molecule has 0 unspecified atom stereocenters. The van der Waals surface area contributed by atoms with Crippen molar-refractivity contribution in [2.75, 3.05) is 31.1 Å². The number of carbonyl (C=O) groups is 1. The molecule has 0 spiro atoms. The minimum Gasteiger partial charge on any atom is -0.345 e. The highest BCUT2D eigenvalue weighted by atomic mass is 32.1. The van der Waals surface area contributed by atoms with E-state index in [1.54, 1.807) is 0 Å². The van der Waals surface area contributed by atoms with E-state index in [9.17, 15) is 4.79 Å². The molecule has 1 aliphatic carbocycles. The van der Waals surface area contributed by atoms with Crippen molar-refractivity contribution in [2.45, 2.75) is 38.6 Å². The van der Waals surface area contributed by atoms with E-state index in [2.05, 4.69) is 14.3 Å². The minimum absolute atomic E-state index is 0.148. The molecule has 1 aromatic heterocycles. The van der Waals surface area contributed by atoms with Gasteiger partial charge in [0.25, 0.3) is 0 Å². The molecule has 116 valence electrons. The highest BCUT2D eigenvalue weighted by molar-refractivity contribution is 7.09. The summed E-state index contributed by atoms with van der Waals surface area (Å²) in [7, 11) is 0. The van der Waals surface area contributed by atoms with Gasteiger partial charge < -0.3 is 15.5 Å². The molecule has 6 nitrogen and oxygen atoms in total. The molecular formula is C14H23N5OS. The third-order valence-corrected chi connectivity index (χ3v) is 5.29. The molecule has 0 radical (unpaired) electrons. The SMILES string of the molecule is Cc1nsc(N2CCCN(C(=O)[C@@H]3CC[C@H](N)C3)CC2)n1. The third kappa shape index (κ3) is 3.35. The Morgan fingerprint density at radius 2 is 2.14 bits per heavy atom. The second-order valence-corrected chi connectivity index (χ2v) is 6.79. The van der Waals surface area contributed by atoms with Gasteiger partial charge in [-0.1, -0.05) is 0 Å². The third-order valence-electron chi connectivity index (χ3n) is 4.42. The largest absolute Gasteiger partial charge is 0.345 e. The predicted molar refractivity (Wildman–Crippen MR) is 83.4 cm³/mol. The average molecular weight is 309 g/mol. The standard InChI is InChI=1S/C14H23N5OS/c1-10-16-14(21-17-10)19-6-2-5-18(7-8-19)13(20)11-3-4-12(15)9-11/h11-12H,2-9,15H2,1H3/t11-,12+/m1/s1. The Hall–Kier alpha value is -1.21. The second kappa shape index (κ2) is 6.27. The van der Waals surface area contributed by atoms with Crippen LogP contribution < -0.4 is 10.6 Å². The summed E-state index contributed by atoms with van der Waals surface area (Å²) in [6.45, 7) is 5.33. The van der Waals surface area contributed by atoms with E-state index >= 15 is 0 Å². The number of aryl methyl sites for hydroxylation is 1.